The molecule has 1 saturated carbocycles. The Bertz CT molecular complexity index is 829. The predicted octanol–water partition coefficient (Wildman–Crippen LogP) is 3.39. The molecule has 0 heterocycles. The Labute approximate surface area is 192 Å². The molecule has 0 saturated heterocycles. The van der Waals surface area contributed by atoms with Gasteiger partial charge < -0.3 is 25.8 Å². The van der Waals surface area contributed by atoms with Gasteiger partial charge in [0.15, 0.2) is 0 Å². The highest BCUT2D eigenvalue weighted by molar-refractivity contribution is 5.94. The number of hydrogen-bond donors (Lipinski definition) is 3. The highest BCUT2D eigenvalue weighted by atomic mass is 19.3. The largest absolute Gasteiger partial charge is 0.467 e. The predicted molar refractivity (Wildman–Crippen MR) is 119 cm³/mol. The highest BCUT2D eigenvalue weighted by Gasteiger charge is 2.38. The van der Waals surface area contributed by atoms with Crippen molar-refractivity contribution in [1.82, 2.24) is 5.32 Å². The van der Waals surface area contributed by atoms with Crippen LogP contribution in [0.15, 0.2) is 24.3 Å². The third kappa shape index (κ3) is 8.60. The summed E-state index contributed by atoms with van der Waals surface area (Å²) >= 11 is 0. The third-order valence-electron chi connectivity index (χ3n) is 5.41. The van der Waals surface area contributed by atoms with Gasteiger partial charge in [0.1, 0.15) is 11.6 Å². The number of alkyl carbamates (subject to hydrolysis) is 1. The molecule has 0 aliphatic heterocycles. The molecule has 4 N–H and O–H groups in total. The minimum atomic E-state index is -2.68. The van der Waals surface area contributed by atoms with E-state index in [2.05, 4.69) is 10.6 Å². The van der Waals surface area contributed by atoms with E-state index >= 15 is 0 Å². The molecule has 0 spiro atoms. The van der Waals surface area contributed by atoms with Crippen molar-refractivity contribution in [2.45, 2.75) is 76.5 Å². The topological polar surface area (TPSA) is 120 Å². The molecule has 1 fully saturated rings. The maximum Gasteiger partial charge on any atom is 0.408 e. The number of nitrogens with two attached hydrogens (primary N) is 1. The molecular formula is C23H33F2N3O5. The number of carbonyl (C=O) groups excluding carboxylic acids is 3. The third-order valence-corrected chi connectivity index (χ3v) is 5.41. The summed E-state index contributed by atoms with van der Waals surface area (Å²) < 4.78 is 36.6. The summed E-state index contributed by atoms with van der Waals surface area (Å²) in [6.07, 6.45) is -0.690. The average Bonchev–Trinajstić information content (AvgIpc) is 2.72. The Balaban J connectivity index is 1.95. The molecule has 33 heavy (non-hydrogen) atoms. The van der Waals surface area contributed by atoms with E-state index < -0.39 is 41.6 Å². The summed E-state index contributed by atoms with van der Waals surface area (Å²) in [7, 11) is 1.22. The van der Waals surface area contributed by atoms with Gasteiger partial charge in [0.05, 0.1) is 13.2 Å². The summed E-state index contributed by atoms with van der Waals surface area (Å²) in [5.41, 5.74) is 6.47. The molecule has 1 aliphatic rings. The zero-order chi connectivity index (χ0) is 24.8. The summed E-state index contributed by atoms with van der Waals surface area (Å²) in [6.45, 7) is 5.13. The van der Waals surface area contributed by atoms with E-state index in [1.165, 1.54) is 7.11 Å². The number of rotatable bonds is 7. The Morgan fingerprint density at radius 3 is 2.24 bits per heavy atom. The first kappa shape index (κ1) is 26.5. The first-order valence-electron chi connectivity index (χ1n) is 10.9. The molecule has 1 aromatic rings. The van der Waals surface area contributed by atoms with E-state index in [1.807, 2.05) is 0 Å². The smallest absolute Gasteiger partial charge is 0.408 e. The van der Waals surface area contributed by atoms with Crippen LogP contribution in [0, 0.1) is 5.92 Å². The van der Waals surface area contributed by atoms with Crippen LogP contribution in [0.2, 0.25) is 0 Å². The minimum Gasteiger partial charge on any atom is -0.467 e. The molecule has 1 aliphatic carbocycles. The Hall–Kier alpha value is -2.75. The lowest BCUT2D eigenvalue weighted by Gasteiger charge is -2.31. The fraction of sp³-hybridized carbons (Fsp3) is 0.609. The normalized spacial score (nSPS) is 18.0. The number of hydrogen-bond acceptors (Lipinski definition) is 6. The lowest BCUT2D eigenvalue weighted by atomic mass is 9.82. The molecular weight excluding hydrogens is 436 g/mol. The fourth-order valence-electron chi connectivity index (χ4n) is 3.61. The van der Waals surface area contributed by atoms with Crippen molar-refractivity contribution in [1.29, 1.82) is 0 Å². The van der Waals surface area contributed by atoms with Crippen LogP contribution in [0.5, 0.6) is 0 Å². The Morgan fingerprint density at radius 2 is 1.73 bits per heavy atom. The van der Waals surface area contributed by atoms with E-state index in [9.17, 15) is 23.2 Å². The molecule has 0 radical (unpaired) electrons. The number of amides is 2. The lowest BCUT2D eigenvalue weighted by molar-refractivity contribution is -0.143. The van der Waals surface area contributed by atoms with Crippen LogP contribution in [0.25, 0.3) is 0 Å². The van der Waals surface area contributed by atoms with E-state index in [-0.39, 0.29) is 38.0 Å². The zero-order valence-electron chi connectivity index (χ0n) is 19.5. The minimum absolute atomic E-state index is 0.149. The summed E-state index contributed by atoms with van der Waals surface area (Å²) in [5, 5.41) is 5.20. The van der Waals surface area contributed by atoms with Gasteiger partial charge in [-0.1, -0.05) is 12.1 Å². The number of benzene rings is 1. The van der Waals surface area contributed by atoms with Crippen molar-refractivity contribution in [2.75, 3.05) is 12.4 Å². The molecule has 184 valence electrons. The SMILES string of the molecule is COC(=O)[C@@H](Cc1ccc(NC(=O)[C@@H](N)C2CCC(F)(F)CC2)cc1)NC(=O)OC(C)(C)C. The zero-order valence-corrected chi connectivity index (χ0v) is 19.5. The molecule has 1 aromatic carbocycles. The van der Waals surface area contributed by atoms with Crippen molar-refractivity contribution < 1.29 is 32.6 Å². The maximum absolute atomic E-state index is 13.3. The monoisotopic (exact) mass is 469 g/mol. The summed E-state index contributed by atoms with van der Waals surface area (Å²) in [6, 6.07) is 4.82. The van der Waals surface area contributed by atoms with Gasteiger partial charge >= 0.3 is 12.1 Å². The van der Waals surface area contributed by atoms with Crippen molar-refractivity contribution in [3.8, 4) is 0 Å². The van der Waals surface area contributed by atoms with Gasteiger partial charge in [-0.2, -0.15) is 0 Å². The molecule has 2 atom stereocenters. The second kappa shape index (κ2) is 10.9. The standard InChI is InChI=1S/C23H33F2N3O5/c1-22(2,3)33-21(31)28-17(20(30)32-4)13-14-5-7-16(8-6-14)27-19(29)18(26)15-9-11-23(24,25)12-10-15/h5-8,15,17-18H,9-13,26H2,1-4H3,(H,27,29)(H,28,31)/t17-,18+/m1/s1. The fourth-order valence-corrected chi connectivity index (χ4v) is 3.61. The molecule has 0 bridgehead atoms. The van der Waals surface area contributed by atoms with Crippen LogP contribution in [0.1, 0.15) is 52.0 Å². The Kier molecular flexibility index (Phi) is 8.76. The number of nitrogens with one attached hydrogen (secondary N) is 2. The molecule has 8 nitrogen and oxygen atoms in total. The van der Waals surface area contributed by atoms with Gasteiger partial charge in [-0.05, 0) is 57.2 Å². The average molecular weight is 470 g/mol. The number of halogens is 2. The maximum atomic E-state index is 13.3. The second-order valence-corrected chi connectivity index (χ2v) is 9.33. The van der Waals surface area contributed by atoms with Gasteiger partial charge in [-0.15, -0.1) is 0 Å². The first-order chi connectivity index (χ1) is 15.3. The van der Waals surface area contributed by atoms with Gasteiger partial charge in [0.2, 0.25) is 11.8 Å². The van der Waals surface area contributed by atoms with Gasteiger partial charge in [-0.25, -0.2) is 18.4 Å². The number of anilines is 1. The van der Waals surface area contributed by atoms with Crippen molar-refractivity contribution >= 4 is 23.7 Å². The van der Waals surface area contributed by atoms with Crippen molar-refractivity contribution in [3.05, 3.63) is 29.8 Å². The van der Waals surface area contributed by atoms with Crippen LogP contribution in [-0.2, 0) is 25.5 Å². The van der Waals surface area contributed by atoms with Gasteiger partial charge in [-0.3, -0.25) is 4.79 Å². The Morgan fingerprint density at radius 1 is 1.15 bits per heavy atom. The molecule has 0 unspecified atom stereocenters. The van der Waals surface area contributed by atoms with Gasteiger partial charge in [0.25, 0.3) is 0 Å². The van der Waals surface area contributed by atoms with Crippen molar-refractivity contribution in [2.24, 2.45) is 11.7 Å². The molecule has 0 aromatic heterocycles. The van der Waals surface area contributed by atoms with E-state index in [1.54, 1.807) is 45.0 Å². The van der Waals surface area contributed by atoms with Crippen LogP contribution >= 0.6 is 0 Å². The molecule has 2 rings (SSSR count). The lowest BCUT2D eigenvalue weighted by Crippen LogP contribution is -2.45. The van der Waals surface area contributed by atoms with Crippen LogP contribution < -0.4 is 16.4 Å². The van der Waals surface area contributed by atoms with Crippen LogP contribution in [-0.4, -0.2) is 48.7 Å². The number of carbonyl (C=O) groups is 3. The summed E-state index contributed by atoms with van der Waals surface area (Å²) in [5.74, 6) is -4.02. The number of alkyl halides is 2. The summed E-state index contributed by atoms with van der Waals surface area (Å²) in [4.78, 5) is 36.6. The van der Waals surface area contributed by atoms with E-state index in [0.29, 0.717) is 11.3 Å². The van der Waals surface area contributed by atoms with Gasteiger partial charge in [0, 0.05) is 24.9 Å². The van der Waals surface area contributed by atoms with E-state index in [0.717, 1.165) is 0 Å². The number of ether oxygens (including phenoxy) is 2. The van der Waals surface area contributed by atoms with Crippen LogP contribution in [0.4, 0.5) is 19.3 Å². The van der Waals surface area contributed by atoms with E-state index in [4.69, 9.17) is 15.2 Å². The highest BCUT2D eigenvalue weighted by Crippen LogP contribution is 2.37. The quantitative estimate of drug-likeness (QED) is 0.527. The van der Waals surface area contributed by atoms with Crippen molar-refractivity contribution in [3.63, 3.8) is 0 Å². The number of methoxy groups -OCH3 is 1. The van der Waals surface area contributed by atoms with Crippen LogP contribution in [0.3, 0.4) is 0 Å². The molecule has 2 amide bonds. The second-order valence-electron chi connectivity index (χ2n) is 9.33. The first-order valence-corrected chi connectivity index (χ1v) is 10.9. The number of esters is 1. The molecule has 10 heteroatoms.